The van der Waals surface area contributed by atoms with Crippen LogP contribution >= 0.6 is 12.4 Å². The van der Waals surface area contributed by atoms with Gasteiger partial charge in [0.25, 0.3) is 0 Å². The molecule has 1 aliphatic carbocycles. The minimum atomic E-state index is -4.53. The van der Waals surface area contributed by atoms with Crippen LogP contribution in [0.5, 0.6) is 5.75 Å². The average molecular weight is 340 g/mol. The highest BCUT2D eigenvalue weighted by Crippen LogP contribution is 2.39. The second kappa shape index (κ2) is 7.53. The molecular formula is C15H21ClF3NO2. The molecule has 2 atom stereocenters. The van der Waals surface area contributed by atoms with E-state index < -0.39 is 23.9 Å². The Morgan fingerprint density at radius 3 is 2.36 bits per heavy atom. The quantitative estimate of drug-likeness (QED) is 0.879. The van der Waals surface area contributed by atoms with Crippen molar-refractivity contribution in [2.45, 2.75) is 44.0 Å². The Bertz CT molecular complexity index is 490. The molecule has 1 aliphatic rings. The van der Waals surface area contributed by atoms with Crippen LogP contribution in [-0.2, 0) is 6.18 Å². The van der Waals surface area contributed by atoms with Gasteiger partial charge in [-0.2, -0.15) is 13.2 Å². The van der Waals surface area contributed by atoms with Crippen LogP contribution in [0.25, 0.3) is 0 Å². The van der Waals surface area contributed by atoms with E-state index in [0.29, 0.717) is 0 Å². The average Bonchev–Trinajstić information content (AvgIpc) is 2.98. The van der Waals surface area contributed by atoms with E-state index in [1.807, 2.05) is 0 Å². The molecule has 3 N–H and O–H groups in total. The van der Waals surface area contributed by atoms with Crippen LogP contribution < -0.4 is 10.5 Å². The third kappa shape index (κ3) is 4.06. The second-order valence-corrected chi connectivity index (χ2v) is 5.51. The minimum absolute atomic E-state index is 0. The van der Waals surface area contributed by atoms with E-state index in [4.69, 9.17) is 10.5 Å². The van der Waals surface area contributed by atoms with Crippen LogP contribution in [0.3, 0.4) is 0 Å². The van der Waals surface area contributed by atoms with Crippen molar-refractivity contribution >= 4 is 12.4 Å². The van der Waals surface area contributed by atoms with E-state index in [2.05, 4.69) is 0 Å². The fourth-order valence-electron chi connectivity index (χ4n) is 2.97. The Hall–Kier alpha value is -0.980. The standard InChI is InChI=1S/C15H20F3NO2.ClH/c1-21-10-6-7-11(12(8-10)15(16,17)18)13(19)14(20)9-4-2-3-5-9;/h6-9,13-14,20H,2-5,19H2,1H3;1H/t13-,14+;/m1./s1. The van der Waals surface area contributed by atoms with Gasteiger partial charge in [0.05, 0.1) is 24.8 Å². The highest BCUT2D eigenvalue weighted by Gasteiger charge is 2.38. The highest BCUT2D eigenvalue weighted by atomic mass is 35.5. The molecule has 3 nitrogen and oxygen atoms in total. The predicted molar refractivity (Wildman–Crippen MR) is 80.1 cm³/mol. The number of rotatable bonds is 4. The Morgan fingerprint density at radius 1 is 1.27 bits per heavy atom. The van der Waals surface area contributed by atoms with Crippen molar-refractivity contribution in [1.29, 1.82) is 0 Å². The summed E-state index contributed by atoms with van der Waals surface area (Å²) in [4.78, 5) is 0. The monoisotopic (exact) mass is 339 g/mol. The first-order valence-electron chi connectivity index (χ1n) is 7.03. The van der Waals surface area contributed by atoms with Crippen LogP contribution in [-0.4, -0.2) is 18.3 Å². The molecule has 1 aromatic carbocycles. The summed E-state index contributed by atoms with van der Waals surface area (Å²) in [6, 6.07) is 2.61. The van der Waals surface area contributed by atoms with Crippen molar-refractivity contribution in [1.82, 2.24) is 0 Å². The van der Waals surface area contributed by atoms with Crippen molar-refractivity contribution in [3.8, 4) is 5.75 Å². The fourth-order valence-corrected chi connectivity index (χ4v) is 2.97. The molecule has 1 aromatic rings. The highest BCUT2D eigenvalue weighted by molar-refractivity contribution is 5.85. The molecule has 0 bridgehead atoms. The zero-order valence-electron chi connectivity index (χ0n) is 12.3. The number of aliphatic hydroxyl groups is 1. The molecule has 0 radical (unpaired) electrons. The number of benzene rings is 1. The summed E-state index contributed by atoms with van der Waals surface area (Å²) in [7, 11) is 1.31. The van der Waals surface area contributed by atoms with Crippen LogP contribution in [0, 0.1) is 5.92 Å². The summed E-state index contributed by atoms with van der Waals surface area (Å²) in [5, 5.41) is 10.3. The Kier molecular flexibility index (Phi) is 6.52. The smallest absolute Gasteiger partial charge is 0.416 e. The molecule has 2 rings (SSSR count). The molecule has 0 heterocycles. The van der Waals surface area contributed by atoms with Gasteiger partial charge in [0.15, 0.2) is 0 Å². The van der Waals surface area contributed by atoms with E-state index >= 15 is 0 Å². The van der Waals surface area contributed by atoms with Gasteiger partial charge in [-0.1, -0.05) is 18.9 Å². The number of methoxy groups -OCH3 is 1. The van der Waals surface area contributed by atoms with Gasteiger partial charge < -0.3 is 15.6 Å². The van der Waals surface area contributed by atoms with Gasteiger partial charge in [-0.25, -0.2) is 0 Å². The van der Waals surface area contributed by atoms with Crippen molar-refractivity contribution in [2.24, 2.45) is 11.7 Å². The Morgan fingerprint density at radius 2 is 1.86 bits per heavy atom. The van der Waals surface area contributed by atoms with Crippen LogP contribution in [0.1, 0.15) is 42.9 Å². The zero-order chi connectivity index (χ0) is 15.6. The maximum absolute atomic E-state index is 13.2. The number of ether oxygens (including phenoxy) is 1. The molecule has 22 heavy (non-hydrogen) atoms. The van der Waals surface area contributed by atoms with Crippen LogP contribution in [0.2, 0.25) is 0 Å². The lowest BCUT2D eigenvalue weighted by Crippen LogP contribution is -2.33. The molecule has 126 valence electrons. The second-order valence-electron chi connectivity index (χ2n) is 5.51. The summed E-state index contributed by atoms with van der Waals surface area (Å²) >= 11 is 0. The van der Waals surface area contributed by atoms with Gasteiger partial charge in [-0.15, -0.1) is 12.4 Å². The van der Waals surface area contributed by atoms with Gasteiger partial charge in [0, 0.05) is 0 Å². The summed E-state index contributed by atoms with van der Waals surface area (Å²) in [5.74, 6) is 0.0943. The van der Waals surface area contributed by atoms with E-state index in [9.17, 15) is 18.3 Å². The number of hydrogen-bond donors (Lipinski definition) is 2. The summed E-state index contributed by atoms with van der Waals surface area (Å²) in [6.07, 6.45) is -1.89. The topological polar surface area (TPSA) is 55.5 Å². The molecule has 0 spiro atoms. The first-order valence-corrected chi connectivity index (χ1v) is 7.03. The zero-order valence-corrected chi connectivity index (χ0v) is 13.1. The minimum Gasteiger partial charge on any atom is -0.497 e. The Labute approximate surface area is 134 Å². The number of halogens is 4. The fraction of sp³-hybridized carbons (Fsp3) is 0.600. The third-order valence-corrected chi connectivity index (χ3v) is 4.18. The molecule has 7 heteroatoms. The van der Waals surface area contributed by atoms with E-state index in [0.717, 1.165) is 31.7 Å². The van der Waals surface area contributed by atoms with Gasteiger partial charge in [-0.3, -0.25) is 0 Å². The number of aliphatic hydroxyl groups excluding tert-OH is 1. The van der Waals surface area contributed by atoms with Gasteiger partial charge in [0.2, 0.25) is 0 Å². The summed E-state index contributed by atoms with van der Waals surface area (Å²) < 4.78 is 44.4. The molecule has 0 unspecified atom stereocenters. The molecule has 0 aromatic heterocycles. The molecule has 0 amide bonds. The summed E-state index contributed by atoms with van der Waals surface area (Å²) in [5.41, 5.74) is 4.99. The third-order valence-electron chi connectivity index (χ3n) is 4.18. The number of hydrogen-bond acceptors (Lipinski definition) is 3. The van der Waals surface area contributed by atoms with Gasteiger partial charge in [-0.05, 0) is 36.5 Å². The Balaban J connectivity index is 0.00000242. The maximum Gasteiger partial charge on any atom is 0.416 e. The van der Waals surface area contributed by atoms with Crippen LogP contribution in [0.4, 0.5) is 13.2 Å². The number of alkyl halides is 3. The molecule has 1 fully saturated rings. The van der Waals surface area contributed by atoms with E-state index in [-0.39, 0.29) is 29.6 Å². The van der Waals surface area contributed by atoms with E-state index in [1.54, 1.807) is 0 Å². The van der Waals surface area contributed by atoms with Gasteiger partial charge >= 0.3 is 6.18 Å². The normalized spacial score (nSPS) is 18.6. The van der Waals surface area contributed by atoms with Crippen molar-refractivity contribution < 1.29 is 23.0 Å². The molecule has 0 aliphatic heterocycles. The van der Waals surface area contributed by atoms with Crippen molar-refractivity contribution in [2.75, 3.05) is 7.11 Å². The lowest BCUT2D eigenvalue weighted by Gasteiger charge is -2.27. The first kappa shape index (κ1) is 19.1. The SMILES string of the molecule is COc1ccc([C@@H](N)[C@@H](O)C2CCCC2)c(C(F)(F)F)c1.Cl. The number of nitrogens with two attached hydrogens (primary N) is 1. The van der Waals surface area contributed by atoms with Crippen LogP contribution in [0.15, 0.2) is 18.2 Å². The first-order chi connectivity index (χ1) is 9.84. The van der Waals surface area contributed by atoms with Gasteiger partial charge in [0.1, 0.15) is 5.75 Å². The lowest BCUT2D eigenvalue weighted by atomic mass is 9.88. The summed E-state index contributed by atoms with van der Waals surface area (Å²) in [6.45, 7) is 0. The largest absolute Gasteiger partial charge is 0.497 e. The van der Waals surface area contributed by atoms with Crippen molar-refractivity contribution in [3.63, 3.8) is 0 Å². The molecular weight excluding hydrogens is 319 g/mol. The maximum atomic E-state index is 13.2. The molecule has 1 saturated carbocycles. The molecule has 0 saturated heterocycles. The van der Waals surface area contributed by atoms with Crippen molar-refractivity contribution in [3.05, 3.63) is 29.3 Å². The lowest BCUT2D eigenvalue weighted by molar-refractivity contribution is -0.138. The van der Waals surface area contributed by atoms with E-state index in [1.165, 1.54) is 19.2 Å². The predicted octanol–water partition coefficient (Wildman–Crippen LogP) is 3.69.